The molecule has 3 heteroatoms. The average Bonchev–Trinajstić information content (AvgIpc) is 2.23. The van der Waals surface area contributed by atoms with E-state index in [4.69, 9.17) is 0 Å². The van der Waals surface area contributed by atoms with Gasteiger partial charge in [0.25, 0.3) is 0 Å². The predicted molar refractivity (Wildman–Crippen MR) is 68.9 cm³/mol. The van der Waals surface area contributed by atoms with E-state index in [1.807, 2.05) is 0 Å². The fraction of sp³-hybridized carbons (Fsp3) is 1.00. The SMILES string of the molecule is CC1(C)NC2(CCSCC2)CC1I. The van der Waals surface area contributed by atoms with Crippen molar-refractivity contribution in [1.29, 1.82) is 0 Å². The summed E-state index contributed by atoms with van der Waals surface area (Å²) in [6, 6.07) is 0. The van der Waals surface area contributed by atoms with Gasteiger partial charge in [0.2, 0.25) is 0 Å². The molecule has 0 bridgehead atoms. The Morgan fingerprint density at radius 2 is 1.92 bits per heavy atom. The van der Waals surface area contributed by atoms with Crippen molar-refractivity contribution in [2.45, 2.75) is 48.1 Å². The third kappa shape index (κ3) is 2.02. The van der Waals surface area contributed by atoms with Gasteiger partial charge in [0, 0.05) is 15.0 Å². The average molecular weight is 311 g/mol. The normalized spacial score (nSPS) is 36.7. The largest absolute Gasteiger partial charge is 0.305 e. The summed E-state index contributed by atoms with van der Waals surface area (Å²) >= 11 is 4.73. The fourth-order valence-corrected chi connectivity index (χ4v) is 4.78. The Kier molecular flexibility index (Phi) is 2.89. The third-order valence-corrected chi connectivity index (χ3v) is 6.37. The van der Waals surface area contributed by atoms with E-state index in [1.165, 1.54) is 30.8 Å². The lowest BCUT2D eigenvalue weighted by atomic mass is 9.91. The molecule has 2 heterocycles. The molecule has 13 heavy (non-hydrogen) atoms. The second kappa shape index (κ2) is 3.56. The summed E-state index contributed by atoms with van der Waals surface area (Å²) in [5.41, 5.74) is 0.850. The van der Waals surface area contributed by atoms with Crippen LogP contribution in [0, 0.1) is 0 Å². The van der Waals surface area contributed by atoms with E-state index >= 15 is 0 Å². The van der Waals surface area contributed by atoms with Crippen molar-refractivity contribution in [3.05, 3.63) is 0 Å². The highest BCUT2D eigenvalue weighted by Crippen LogP contribution is 2.42. The molecule has 2 fully saturated rings. The van der Waals surface area contributed by atoms with Gasteiger partial charge in [0.15, 0.2) is 0 Å². The molecule has 2 aliphatic heterocycles. The van der Waals surface area contributed by atoms with Crippen LogP contribution in [0.1, 0.15) is 33.1 Å². The highest BCUT2D eigenvalue weighted by molar-refractivity contribution is 14.1. The van der Waals surface area contributed by atoms with E-state index in [0.29, 0.717) is 11.1 Å². The molecular formula is C10H18INS. The molecule has 0 amide bonds. The van der Waals surface area contributed by atoms with Crippen LogP contribution in [-0.2, 0) is 0 Å². The zero-order valence-corrected chi connectivity index (χ0v) is 11.4. The van der Waals surface area contributed by atoms with Gasteiger partial charge < -0.3 is 5.32 Å². The van der Waals surface area contributed by atoms with Gasteiger partial charge in [0.1, 0.15) is 0 Å². The molecule has 2 aliphatic rings. The van der Waals surface area contributed by atoms with Crippen LogP contribution in [0.4, 0.5) is 0 Å². The number of halogens is 1. The lowest BCUT2D eigenvalue weighted by Crippen LogP contribution is -2.50. The van der Waals surface area contributed by atoms with Crippen molar-refractivity contribution in [2.75, 3.05) is 11.5 Å². The third-order valence-electron chi connectivity index (χ3n) is 3.39. The number of rotatable bonds is 0. The van der Waals surface area contributed by atoms with Crippen molar-refractivity contribution in [1.82, 2.24) is 5.32 Å². The molecule has 0 radical (unpaired) electrons. The van der Waals surface area contributed by atoms with Crippen LogP contribution >= 0.6 is 34.4 Å². The van der Waals surface area contributed by atoms with E-state index in [1.54, 1.807) is 0 Å². The van der Waals surface area contributed by atoms with E-state index < -0.39 is 0 Å². The maximum Gasteiger partial charge on any atom is 0.0304 e. The molecule has 0 aromatic carbocycles. The molecule has 2 saturated heterocycles. The number of hydrogen-bond donors (Lipinski definition) is 1. The van der Waals surface area contributed by atoms with Gasteiger partial charge in [-0.3, -0.25) is 0 Å². The highest BCUT2D eigenvalue weighted by Gasteiger charge is 2.48. The summed E-state index contributed by atoms with van der Waals surface area (Å²) in [4.78, 5) is 0. The summed E-state index contributed by atoms with van der Waals surface area (Å²) < 4.78 is 0.799. The molecule has 0 saturated carbocycles. The van der Waals surface area contributed by atoms with Gasteiger partial charge in [-0.15, -0.1) is 0 Å². The molecule has 0 aromatic rings. The Morgan fingerprint density at radius 1 is 1.31 bits per heavy atom. The maximum absolute atomic E-state index is 3.87. The fourth-order valence-electron chi connectivity index (χ4n) is 2.50. The zero-order chi connectivity index (χ0) is 9.53. The Hall–Kier alpha value is 1.04. The van der Waals surface area contributed by atoms with Crippen LogP contribution in [0.2, 0.25) is 0 Å². The van der Waals surface area contributed by atoms with Crippen LogP contribution in [0.15, 0.2) is 0 Å². The number of nitrogens with one attached hydrogen (secondary N) is 1. The minimum atomic E-state index is 0.350. The number of hydrogen-bond acceptors (Lipinski definition) is 2. The smallest absolute Gasteiger partial charge is 0.0304 e. The highest BCUT2D eigenvalue weighted by atomic mass is 127. The van der Waals surface area contributed by atoms with Crippen molar-refractivity contribution >= 4 is 34.4 Å². The van der Waals surface area contributed by atoms with Crippen LogP contribution in [0.25, 0.3) is 0 Å². The second-order valence-electron chi connectivity index (χ2n) is 4.91. The maximum atomic E-state index is 3.87. The van der Waals surface area contributed by atoms with E-state index in [2.05, 4.69) is 53.5 Å². The first kappa shape index (κ1) is 10.6. The van der Waals surface area contributed by atoms with Crippen molar-refractivity contribution < 1.29 is 0 Å². The monoisotopic (exact) mass is 311 g/mol. The van der Waals surface area contributed by atoms with Gasteiger partial charge in [-0.2, -0.15) is 11.8 Å². The summed E-state index contributed by atoms with van der Waals surface area (Å²) in [6.07, 6.45) is 4.13. The number of alkyl halides is 1. The Balaban J connectivity index is 2.10. The molecule has 2 rings (SSSR count). The molecule has 1 N–H and O–H groups in total. The summed E-state index contributed by atoms with van der Waals surface area (Å²) in [5.74, 6) is 2.71. The molecule has 1 unspecified atom stereocenters. The molecule has 1 nitrogen and oxygen atoms in total. The molecule has 1 atom stereocenters. The standard InChI is InChI=1S/C10H18INS/c1-9(2)8(11)7-10(12-9)3-5-13-6-4-10/h8,12H,3-7H2,1-2H3. The van der Waals surface area contributed by atoms with Gasteiger partial charge >= 0.3 is 0 Å². The Morgan fingerprint density at radius 3 is 2.38 bits per heavy atom. The van der Waals surface area contributed by atoms with Gasteiger partial charge in [-0.25, -0.2) is 0 Å². The summed E-state index contributed by atoms with van der Waals surface area (Å²) in [7, 11) is 0. The summed E-state index contributed by atoms with van der Waals surface area (Å²) in [5, 5.41) is 3.87. The predicted octanol–water partition coefficient (Wildman–Crippen LogP) is 2.83. The first-order chi connectivity index (χ1) is 6.04. The minimum Gasteiger partial charge on any atom is -0.305 e. The summed E-state index contributed by atoms with van der Waals surface area (Å²) in [6.45, 7) is 4.70. The van der Waals surface area contributed by atoms with E-state index in [0.717, 1.165) is 3.92 Å². The number of thioether (sulfide) groups is 1. The Labute approximate surface area is 98.9 Å². The first-order valence-corrected chi connectivity index (χ1v) is 7.45. The van der Waals surface area contributed by atoms with Crippen LogP contribution < -0.4 is 5.32 Å². The van der Waals surface area contributed by atoms with Crippen molar-refractivity contribution in [2.24, 2.45) is 0 Å². The van der Waals surface area contributed by atoms with Crippen LogP contribution in [0.3, 0.4) is 0 Å². The zero-order valence-electron chi connectivity index (χ0n) is 8.40. The van der Waals surface area contributed by atoms with E-state index in [9.17, 15) is 0 Å². The molecule has 76 valence electrons. The van der Waals surface area contributed by atoms with E-state index in [-0.39, 0.29) is 0 Å². The van der Waals surface area contributed by atoms with Crippen LogP contribution in [0.5, 0.6) is 0 Å². The molecule has 0 aliphatic carbocycles. The topological polar surface area (TPSA) is 12.0 Å². The van der Waals surface area contributed by atoms with Crippen molar-refractivity contribution in [3.8, 4) is 0 Å². The quantitative estimate of drug-likeness (QED) is 0.545. The molecular weight excluding hydrogens is 293 g/mol. The van der Waals surface area contributed by atoms with Gasteiger partial charge in [-0.05, 0) is 44.6 Å². The minimum absolute atomic E-state index is 0.350. The molecule has 1 spiro atoms. The van der Waals surface area contributed by atoms with Gasteiger partial charge in [-0.1, -0.05) is 22.6 Å². The molecule has 0 aromatic heterocycles. The van der Waals surface area contributed by atoms with Crippen molar-refractivity contribution in [3.63, 3.8) is 0 Å². The lowest BCUT2D eigenvalue weighted by molar-refractivity contribution is 0.302. The van der Waals surface area contributed by atoms with Gasteiger partial charge in [0.05, 0.1) is 0 Å². The lowest BCUT2D eigenvalue weighted by Gasteiger charge is -2.35. The van der Waals surface area contributed by atoms with Crippen LogP contribution in [-0.4, -0.2) is 26.5 Å². The Bertz CT molecular complexity index is 199. The second-order valence-corrected chi connectivity index (χ2v) is 7.64. The first-order valence-electron chi connectivity index (χ1n) is 5.05.